The normalized spacial score (nSPS) is 21.9. The summed E-state index contributed by atoms with van der Waals surface area (Å²) >= 11 is 0. The van der Waals surface area contributed by atoms with E-state index in [9.17, 15) is 20.1 Å². The van der Waals surface area contributed by atoms with Crippen LogP contribution in [0.1, 0.15) is 24.9 Å². The molecule has 1 fully saturated rings. The van der Waals surface area contributed by atoms with E-state index in [0.29, 0.717) is 26.2 Å². The number of aliphatic hydroxyl groups excluding tert-OH is 3. The first-order chi connectivity index (χ1) is 16.9. The van der Waals surface area contributed by atoms with Gasteiger partial charge in [0.05, 0.1) is 26.0 Å². The van der Waals surface area contributed by atoms with Crippen molar-refractivity contribution < 1.29 is 24.9 Å². The Hall–Kier alpha value is -2.90. The van der Waals surface area contributed by atoms with E-state index in [4.69, 9.17) is 21.9 Å². The van der Waals surface area contributed by atoms with Crippen LogP contribution in [0.5, 0.6) is 0 Å². The van der Waals surface area contributed by atoms with Gasteiger partial charge in [0.15, 0.2) is 17.7 Å². The molecule has 0 saturated carbocycles. The monoisotopic (exact) mass is 491 g/mol. The van der Waals surface area contributed by atoms with Crippen LogP contribution in [0.3, 0.4) is 0 Å². The maximum absolute atomic E-state index is 12.3. The Morgan fingerprint density at radius 1 is 1.20 bits per heavy atom. The Kier molecular flexibility index (Phi) is 9.69. The molecule has 1 saturated heterocycles. The number of imidazole rings is 1. The highest BCUT2D eigenvalue weighted by Gasteiger charge is 2.44. The lowest BCUT2D eigenvalue weighted by molar-refractivity contribution is -0.122. The Morgan fingerprint density at radius 3 is 2.54 bits per heavy atom. The van der Waals surface area contributed by atoms with E-state index in [1.165, 1.54) is 10.9 Å². The molecule has 0 spiro atoms. The zero-order valence-corrected chi connectivity index (χ0v) is 19.4. The van der Waals surface area contributed by atoms with E-state index < -0.39 is 31.1 Å². The number of anilines is 1. The van der Waals surface area contributed by atoms with Crippen molar-refractivity contribution in [3.63, 3.8) is 0 Å². The van der Waals surface area contributed by atoms with Crippen LogP contribution in [0.4, 0.5) is 5.82 Å². The lowest BCUT2D eigenvalue weighted by Crippen LogP contribution is -2.39. The number of carbonyl (C=O) groups excluding carboxylic acids is 1. The summed E-state index contributed by atoms with van der Waals surface area (Å²) in [6, 6.07) is 0. The molecular formula is C21H33N9O5. The van der Waals surface area contributed by atoms with E-state index >= 15 is 0 Å². The molecule has 14 nitrogen and oxygen atoms in total. The highest BCUT2D eigenvalue weighted by atomic mass is 16.6. The number of nitrogen functional groups attached to an aromatic ring is 1. The Labute approximate surface area is 202 Å². The van der Waals surface area contributed by atoms with Crippen molar-refractivity contribution in [1.29, 1.82) is 0 Å². The Balaban J connectivity index is 1.66. The molecule has 3 heterocycles. The third-order valence-corrected chi connectivity index (χ3v) is 5.54. The minimum absolute atomic E-state index is 0.0734. The molecule has 0 aliphatic carbocycles. The van der Waals surface area contributed by atoms with Gasteiger partial charge in [0.1, 0.15) is 23.8 Å². The smallest absolute Gasteiger partial charge is 0.234 e. The zero-order chi connectivity index (χ0) is 25.4. The first-order valence-electron chi connectivity index (χ1n) is 11.4. The number of fused-ring (bicyclic) bond motifs is 1. The number of carbonyl (C=O) groups is 1. The van der Waals surface area contributed by atoms with Crippen molar-refractivity contribution in [1.82, 2.24) is 29.7 Å². The van der Waals surface area contributed by atoms with Crippen molar-refractivity contribution in [2.45, 2.75) is 37.4 Å². The second-order valence-electron chi connectivity index (χ2n) is 8.12. The second kappa shape index (κ2) is 12.7. The zero-order valence-electron chi connectivity index (χ0n) is 19.4. The molecule has 35 heavy (non-hydrogen) atoms. The van der Waals surface area contributed by atoms with Crippen molar-refractivity contribution in [3.05, 3.63) is 12.2 Å². The first-order valence-corrected chi connectivity index (χ1v) is 11.4. The fourth-order valence-corrected chi connectivity index (χ4v) is 3.72. The number of amides is 1. The van der Waals surface area contributed by atoms with Crippen LogP contribution in [0.25, 0.3) is 11.2 Å². The molecule has 14 heteroatoms. The van der Waals surface area contributed by atoms with Crippen molar-refractivity contribution >= 4 is 22.9 Å². The van der Waals surface area contributed by atoms with E-state index in [2.05, 4.69) is 32.1 Å². The number of nitrogens with zero attached hydrogens (tertiary/aromatic N) is 5. The molecule has 10 N–H and O–H groups in total. The lowest BCUT2D eigenvalue weighted by atomic mass is 10.1. The van der Waals surface area contributed by atoms with E-state index in [-0.39, 0.29) is 41.8 Å². The highest BCUT2D eigenvalue weighted by Crippen LogP contribution is 2.31. The van der Waals surface area contributed by atoms with Gasteiger partial charge in [-0.15, -0.1) is 0 Å². The van der Waals surface area contributed by atoms with Gasteiger partial charge in [-0.1, -0.05) is 5.92 Å². The number of hydrogen-bond acceptors (Lipinski definition) is 12. The molecular weight excluding hydrogens is 458 g/mol. The van der Waals surface area contributed by atoms with Crippen LogP contribution in [0.15, 0.2) is 6.33 Å². The molecule has 2 aromatic heterocycles. The van der Waals surface area contributed by atoms with E-state index in [1.807, 2.05) is 4.90 Å². The van der Waals surface area contributed by atoms with Gasteiger partial charge in [0, 0.05) is 0 Å². The number of hydrogen-bond donors (Lipinski definition) is 7. The molecule has 0 aromatic carbocycles. The minimum atomic E-state index is -1.31. The summed E-state index contributed by atoms with van der Waals surface area (Å²) in [4.78, 5) is 26.9. The molecule has 1 amide bonds. The Morgan fingerprint density at radius 2 is 1.91 bits per heavy atom. The van der Waals surface area contributed by atoms with Crippen molar-refractivity contribution in [2.75, 3.05) is 51.6 Å². The number of aliphatic hydroxyl groups is 3. The van der Waals surface area contributed by atoms with Gasteiger partial charge in [0.2, 0.25) is 11.7 Å². The average Bonchev–Trinajstić information content (AvgIpc) is 3.39. The van der Waals surface area contributed by atoms with Crippen LogP contribution in [-0.4, -0.2) is 110 Å². The van der Waals surface area contributed by atoms with Crippen LogP contribution in [-0.2, 0) is 9.53 Å². The standard InChI is InChI=1S/C21H33N9O5/c22-5-2-8-29(9-3-6-23)10-15(32)25-7-1-4-14-27-19(24)16-20(28-14)30(12-26-16)21-18(34)17(33)13(11-31)35-21/h12-13,17-18,21,31,33-34H,2-3,5-11,22-23H2,(H,25,32)(H2,24,27,28)/t13-,17?,18?,21-/m1/s1. The van der Waals surface area contributed by atoms with Crippen LogP contribution >= 0.6 is 0 Å². The molecule has 0 radical (unpaired) electrons. The summed E-state index contributed by atoms with van der Waals surface area (Å²) in [5, 5.41) is 32.4. The topological polar surface area (TPSA) is 224 Å². The SMILES string of the molecule is NCCCN(CCCN)CC(=O)NCC#Cc1nc(N)c2ncn([C@@H]3O[C@H](CO)C(O)C3O)c2n1. The number of aromatic nitrogens is 4. The number of rotatable bonds is 11. The summed E-state index contributed by atoms with van der Waals surface area (Å²) in [5.41, 5.74) is 17.6. The quantitative estimate of drug-likeness (QED) is 0.152. The van der Waals surface area contributed by atoms with Gasteiger partial charge in [-0.2, -0.15) is 0 Å². The molecule has 4 atom stereocenters. The van der Waals surface area contributed by atoms with Gasteiger partial charge < -0.3 is 42.6 Å². The van der Waals surface area contributed by atoms with Crippen LogP contribution < -0.4 is 22.5 Å². The predicted octanol–water partition coefficient (Wildman–Crippen LogP) is -3.51. The second-order valence-corrected chi connectivity index (χ2v) is 8.12. The molecule has 0 bridgehead atoms. The van der Waals surface area contributed by atoms with Crippen LogP contribution in [0, 0.1) is 11.8 Å². The summed E-state index contributed by atoms with van der Waals surface area (Å²) in [6.45, 7) is 2.37. The van der Waals surface area contributed by atoms with Gasteiger partial charge in [-0.05, 0) is 44.9 Å². The largest absolute Gasteiger partial charge is 0.394 e. The molecule has 3 rings (SSSR count). The van der Waals surface area contributed by atoms with Gasteiger partial charge in [-0.25, -0.2) is 15.0 Å². The predicted molar refractivity (Wildman–Crippen MR) is 126 cm³/mol. The van der Waals surface area contributed by atoms with Gasteiger partial charge in [-0.3, -0.25) is 14.3 Å². The van der Waals surface area contributed by atoms with Gasteiger partial charge in [0.25, 0.3) is 0 Å². The highest BCUT2D eigenvalue weighted by molar-refractivity contribution is 5.82. The fraction of sp³-hybridized carbons (Fsp3) is 0.619. The summed E-state index contributed by atoms with van der Waals surface area (Å²) in [7, 11) is 0. The molecule has 2 unspecified atom stereocenters. The van der Waals surface area contributed by atoms with E-state index in [1.54, 1.807) is 0 Å². The third kappa shape index (κ3) is 6.61. The minimum Gasteiger partial charge on any atom is -0.394 e. The third-order valence-electron chi connectivity index (χ3n) is 5.54. The van der Waals surface area contributed by atoms with E-state index in [0.717, 1.165) is 12.8 Å². The Bertz CT molecular complexity index is 1040. The lowest BCUT2D eigenvalue weighted by Gasteiger charge is -2.20. The number of nitrogens with one attached hydrogen (secondary N) is 1. The summed E-state index contributed by atoms with van der Waals surface area (Å²) in [6.07, 6.45) is -1.62. The molecule has 2 aromatic rings. The first kappa shape index (κ1) is 26.7. The molecule has 192 valence electrons. The maximum Gasteiger partial charge on any atom is 0.234 e. The summed E-state index contributed by atoms with van der Waals surface area (Å²) < 4.78 is 6.95. The molecule has 1 aliphatic rings. The van der Waals surface area contributed by atoms with Crippen molar-refractivity contribution in [2.24, 2.45) is 11.5 Å². The number of ether oxygens (including phenoxy) is 1. The van der Waals surface area contributed by atoms with Crippen LogP contribution in [0.2, 0.25) is 0 Å². The maximum atomic E-state index is 12.3. The van der Waals surface area contributed by atoms with Gasteiger partial charge >= 0.3 is 0 Å². The number of nitrogens with two attached hydrogens (primary N) is 3. The fourth-order valence-electron chi connectivity index (χ4n) is 3.72. The summed E-state index contributed by atoms with van der Waals surface area (Å²) in [5.74, 6) is 5.54. The van der Waals surface area contributed by atoms with Crippen molar-refractivity contribution in [3.8, 4) is 11.8 Å². The molecule has 1 aliphatic heterocycles. The average molecular weight is 492 g/mol.